The highest BCUT2D eigenvalue weighted by Gasteiger charge is 2.35. The molecule has 5 heteroatoms. The van der Waals surface area contributed by atoms with E-state index in [0.717, 1.165) is 35.1 Å². The van der Waals surface area contributed by atoms with Gasteiger partial charge in [0.15, 0.2) is 11.4 Å². The maximum absolute atomic E-state index is 11.1. The molecule has 0 aromatic carbocycles. The van der Waals surface area contributed by atoms with Gasteiger partial charge in [-0.05, 0) is 26.7 Å². The Hall–Kier alpha value is -0.940. The second-order valence-corrected chi connectivity index (χ2v) is 6.66. The Bertz CT molecular complexity index is 466. The highest BCUT2D eigenvalue weighted by atomic mass is 32.1. The van der Waals surface area contributed by atoms with Crippen LogP contribution in [0.4, 0.5) is 5.13 Å². The number of morpholine rings is 1. The first-order chi connectivity index (χ1) is 8.62. The lowest BCUT2D eigenvalue weighted by Gasteiger charge is -2.42. The van der Waals surface area contributed by atoms with Crippen molar-refractivity contribution >= 4 is 22.8 Å². The Morgan fingerprint density at radius 3 is 2.89 bits per heavy atom. The first-order valence-corrected chi connectivity index (χ1v) is 7.25. The molecule has 4 nitrogen and oxygen atoms in total. The van der Waals surface area contributed by atoms with Gasteiger partial charge in [-0.1, -0.05) is 11.3 Å². The summed E-state index contributed by atoms with van der Waals surface area (Å²) in [7, 11) is 0. The lowest BCUT2D eigenvalue weighted by molar-refractivity contribution is 0.0643. The third-order valence-corrected chi connectivity index (χ3v) is 4.64. The molecule has 1 aliphatic heterocycles. The molecule has 1 saturated carbocycles. The highest BCUT2D eigenvalue weighted by Crippen LogP contribution is 2.44. The molecule has 1 aromatic heterocycles. The predicted molar refractivity (Wildman–Crippen MR) is 71.7 cm³/mol. The summed E-state index contributed by atoms with van der Waals surface area (Å²) in [6, 6.07) is 0. The summed E-state index contributed by atoms with van der Waals surface area (Å²) in [6.45, 7) is 6.61. The van der Waals surface area contributed by atoms with Crippen LogP contribution in [0.15, 0.2) is 0 Å². The second kappa shape index (κ2) is 4.31. The second-order valence-electron chi connectivity index (χ2n) is 5.65. The number of hydrogen-bond donors (Lipinski definition) is 0. The van der Waals surface area contributed by atoms with Crippen LogP contribution in [-0.2, 0) is 4.74 Å². The van der Waals surface area contributed by atoms with Crippen molar-refractivity contribution in [2.24, 2.45) is 0 Å². The summed E-state index contributed by atoms with van der Waals surface area (Å²) >= 11 is 1.53. The van der Waals surface area contributed by atoms with E-state index in [1.165, 1.54) is 24.2 Å². The minimum atomic E-state index is -0.0446. The third-order valence-electron chi connectivity index (χ3n) is 3.62. The predicted octanol–water partition coefficient (Wildman–Crippen LogP) is 2.45. The van der Waals surface area contributed by atoms with Crippen molar-refractivity contribution in [2.75, 3.05) is 24.7 Å². The maximum Gasteiger partial charge on any atom is 0.186 e. The average Bonchev–Trinajstić information content (AvgIpc) is 3.09. The lowest BCUT2D eigenvalue weighted by Crippen LogP contribution is -2.53. The molecule has 18 heavy (non-hydrogen) atoms. The van der Waals surface area contributed by atoms with Crippen LogP contribution < -0.4 is 4.90 Å². The number of anilines is 1. The van der Waals surface area contributed by atoms with Crippen LogP contribution in [0, 0.1) is 0 Å². The molecular formula is C13H18N2O2S. The van der Waals surface area contributed by atoms with Gasteiger partial charge >= 0.3 is 0 Å². The van der Waals surface area contributed by atoms with Gasteiger partial charge in [0.2, 0.25) is 0 Å². The zero-order valence-corrected chi connectivity index (χ0v) is 11.6. The third kappa shape index (κ3) is 2.06. The number of carbonyl (C=O) groups excluding carboxylic acids is 1. The van der Waals surface area contributed by atoms with Crippen molar-refractivity contribution in [3.63, 3.8) is 0 Å². The quantitative estimate of drug-likeness (QED) is 0.788. The van der Waals surface area contributed by atoms with E-state index in [-0.39, 0.29) is 5.54 Å². The molecule has 0 unspecified atom stereocenters. The first-order valence-electron chi connectivity index (χ1n) is 6.43. The summed E-state index contributed by atoms with van der Waals surface area (Å²) in [6.07, 6.45) is 3.31. The molecule has 1 aromatic rings. The van der Waals surface area contributed by atoms with E-state index in [1.807, 2.05) is 0 Å². The molecule has 3 rings (SSSR count). The zero-order valence-electron chi connectivity index (χ0n) is 10.8. The van der Waals surface area contributed by atoms with E-state index in [9.17, 15) is 4.79 Å². The first kappa shape index (κ1) is 12.1. The number of rotatable bonds is 3. The summed E-state index contributed by atoms with van der Waals surface area (Å²) in [4.78, 5) is 19.0. The number of aromatic nitrogens is 1. The van der Waals surface area contributed by atoms with Gasteiger partial charge in [-0.3, -0.25) is 4.79 Å². The monoisotopic (exact) mass is 266 g/mol. The summed E-state index contributed by atoms with van der Waals surface area (Å²) < 4.78 is 5.53. The summed E-state index contributed by atoms with van der Waals surface area (Å²) in [5, 5.41) is 0.979. The number of thiazole rings is 1. The van der Waals surface area contributed by atoms with Gasteiger partial charge < -0.3 is 9.64 Å². The van der Waals surface area contributed by atoms with E-state index < -0.39 is 0 Å². The van der Waals surface area contributed by atoms with Gasteiger partial charge in [0.1, 0.15) is 0 Å². The Morgan fingerprint density at radius 1 is 1.50 bits per heavy atom. The van der Waals surface area contributed by atoms with Gasteiger partial charge in [-0.25, -0.2) is 4.98 Å². The standard InChI is InChI=1S/C13H18N2O2S/c1-13(2)8-17-6-5-15(13)12-14-11(9-3-4-9)10(7-16)18-12/h7,9H,3-6,8H2,1-2H3. The molecule has 0 amide bonds. The smallest absolute Gasteiger partial charge is 0.186 e. The summed E-state index contributed by atoms with van der Waals surface area (Å²) in [5.74, 6) is 0.527. The number of ether oxygens (including phenoxy) is 1. The molecule has 2 fully saturated rings. The van der Waals surface area contributed by atoms with Gasteiger partial charge in [0.05, 0.1) is 29.3 Å². The fraction of sp³-hybridized carbons (Fsp3) is 0.692. The van der Waals surface area contributed by atoms with E-state index in [2.05, 4.69) is 18.7 Å². The van der Waals surface area contributed by atoms with Crippen LogP contribution in [0.25, 0.3) is 0 Å². The molecule has 98 valence electrons. The van der Waals surface area contributed by atoms with Crippen LogP contribution in [0.2, 0.25) is 0 Å². The Balaban J connectivity index is 1.93. The number of carbonyl (C=O) groups is 1. The molecule has 0 N–H and O–H groups in total. The Labute approximate surface area is 111 Å². The van der Waals surface area contributed by atoms with E-state index >= 15 is 0 Å². The Morgan fingerprint density at radius 2 is 2.28 bits per heavy atom. The Kier molecular flexibility index (Phi) is 2.90. The van der Waals surface area contributed by atoms with Gasteiger partial charge in [-0.2, -0.15) is 0 Å². The minimum Gasteiger partial charge on any atom is -0.377 e. The van der Waals surface area contributed by atoms with Gasteiger partial charge in [0.25, 0.3) is 0 Å². The number of hydrogen-bond acceptors (Lipinski definition) is 5. The van der Waals surface area contributed by atoms with E-state index in [1.54, 1.807) is 0 Å². The molecular weight excluding hydrogens is 248 g/mol. The average molecular weight is 266 g/mol. The van der Waals surface area contributed by atoms with Gasteiger partial charge in [-0.15, -0.1) is 0 Å². The zero-order chi connectivity index (χ0) is 12.8. The fourth-order valence-corrected chi connectivity index (χ4v) is 3.55. The van der Waals surface area contributed by atoms with E-state index in [4.69, 9.17) is 9.72 Å². The molecule has 0 bridgehead atoms. The van der Waals surface area contributed by atoms with Gasteiger partial charge in [0, 0.05) is 12.5 Å². The lowest BCUT2D eigenvalue weighted by atomic mass is 10.0. The van der Waals surface area contributed by atoms with Crippen molar-refractivity contribution in [3.8, 4) is 0 Å². The van der Waals surface area contributed by atoms with Crippen molar-refractivity contribution in [2.45, 2.75) is 38.1 Å². The van der Waals surface area contributed by atoms with Crippen molar-refractivity contribution in [1.82, 2.24) is 4.98 Å². The van der Waals surface area contributed by atoms with Crippen LogP contribution in [0.3, 0.4) is 0 Å². The van der Waals surface area contributed by atoms with Crippen LogP contribution >= 0.6 is 11.3 Å². The topological polar surface area (TPSA) is 42.4 Å². The minimum absolute atomic E-state index is 0.0446. The highest BCUT2D eigenvalue weighted by molar-refractivity contribution is 7.17. The SMILES string of the molecule is CC1(C)COCCN1c1nc(C2CC2)c(C=O)s1. The van der Waals surface area contributed by atoms with Crippen molar-refractivity contribution < 1.29 is 9.53 Å². The molecule has 0 radical (unpaired) electrons. The number of aldehydes is 1. The number of nitrogens with zero attached hydrogens (tertiary/aromatic N) is 2. The normalized spacial score (nSPS) is 23.1. The molecule has 0 atom stereocenters. The molecule has 1 saturated heterocycles. The van der Waals surface area contributed by atoms with Crippen molar-refractivity contribution in [3.05, 3.63) is 10.6 Å². The van der Waals surface area contributed by atoms with Crippen LogP contribution in [-0.4, -0.2) is 36.6 Å². The fourth-order valence-electron chi connectivity index (χ4n) is 2.39. The largest absolute Gasteiger partial charge is 0.377 e. The van der Waals surface area contributed by atoms with E-state index in [0.29, 0.717) is 12.5 Å². The molecule has 0 spiro atoms. The summed E-state index contributed by atoms with van der Waals surface area (Å²) in [5.41, 5.74) is 0.976. The molecule has 2 aliphatic rings. The molecule has 1 aliphatic carbocycles. The van der Waals surface area contributed by atoms with Crippen LogP contribution in [0.5, 0.6) is 0 Å². The van der Waals surface area contributed by atoms with Crippen molar-refractivity contribution in [1.29, 1.82) is 0 Å². The maximum atomic E-state index is 11.1. The molecule has 2 heterocycles. The van der Waals surface area contributed by atoms with Crippen LogP contribution in [0.1, 0.15) is 48.0 Å².